The maximum Gasteiger partial charge on any atom is 0.317 e. The van der Waals surface area contributed by atoms with E-state index >= 15 is 0 Å². The zero-order chi connectivity index (χ0) is 21.5. The number of benzene rings is 3. The Balaban J connectivity index is 1.22. The predicted octanol–water partition coefficient (Wildman–Crippen LogP) is 5.26. The lowest BCUT2D eigenvalue weighted by Crippen LogP contribution is -2.38. The van der Waals surface area contributed by atoms with Crippen molar-refractivity contribution in [3.05, 3.63) is 90.0 Å². The Labute approximate surface area is 183 Å². The molecule has 0 bridgehead atoms. The second-order valence-electron chi connectivity index (χ2n) is 7.87. The first-order chi connectivity index (χ1) is 15.2. The molecular weight excluding hydrogens is 388 g/mol. The molecule has 0 radical (unpaired) electrons. The van der Waals surface area contributed by atoms with Gasteiger partial charge in [0.2, 0.25) is 0 Å². The number of para-hydroxylation sites is 1. The fourth-order valence-electron chi connectivity index (χ4n) is 3.87. The number of urea groups is 1. The van der Waals surface area contributed by atoms with E-state index in [2.05, 4.69) is 17.4 Å². The highest BCUT2D eigenvalue weighted by Gasteiger charge is 2.26. The summed E-state index contributed by atoms with van der Waals surface area (Å²) in [6, 6.07) is 25.7. The minimum absolute atomic E-state index is 0.00171. The zero-order valence-corrected chi connectivity index (χ0v) is 17.8. The molecule has 0 spiro atoms. The minimum Gasteiger partial charge on any atom is -0.497 e. The highest BCUT2D eigenvalue weighted by molar-refractivity contribution is 5.74. The third kappa shape index (κ3) is 5.79. The van der Waals surface area contributed by atoms with Crippen LogP contribution in [-0.4, -0.2) is 31.1 Å². The molecule has 160 valence electrons. The zero-order valence-electron chi connectivity index (χ0n) is 17.8. The van der Waals surface area contributed by atoms with Gasteiger partial charge >= 0.3 is 6.03 Å². The Morgan fingerprint density at radius 1 is 0.903 bits per heavy atom. The molecule has 1 aliphatic rings. The monoisotopic (exact) mass is 416 g/mol. The van der Waals surface area contributed by atoms with Crippen molar-refractivity contribution < 1.29 is 14.3 Å². The lowest BCUT2D eigenvalue weighted by atomic mass is 9.99. The van der Waals surface area contributed by atoms with Gasteiger partial charge in [-0.2, -0.15) is 0 Å². The van der Waals surface area contributed by atoms with E-state index in [1.54, 1.807) is 7.11 Å². The highest BCUT2D eigenvalue weighted by Crippen LogP contribution is 2.23. The van der Waals surface area contributed by atoms with Crippen LogP contribution in [-0.2, 0) is 13.0 Å². The maximum absolute atomic E-state index is 12.6. The number of methoxy groups -OCH3 is 1. The van der Waals surface area contributed by atoms with Crippen molar-refractivity contribution in [1.82, 2.24) is 10.2 Å². The van der Waals surface area contributed by atoms with Gasteiger partial charge in [-0.05, 0) is 66.3 Å². The number of hydrogen-bond acceptors (Lipinski definition) is 3. The number of nitrogens with zero attached hydrogens (tertiary/aromatic N) is 1. The molecule has 5 nitrogen and oxygen atoms in total. The van der Waals surface area contributed by atoms with Gasteiger partial charge in [0.05, 0.1) is 7.11 Å². The predicted molar refractivity (Wildman–Crippen MR) is 122 cm³/mol. The Hall–Kier alpha value is -3.47. The first-order valence-corrected chi connectivity index (χ1v) is 10.7. The molecule has 0 aliphatic carbocycles. The molecule has 5 heteroatoms. The Morgan fingerprint density at radius 3 is 2.26 bits per heavy atom. The largest absolute Gasteiger partial charge is 0.497 e. The smallest absolute Gasteiger partial charge is 0.317 e. The van der Waals surface area contributed by atoms with Crippen molar-refractivity contribution in [2.24, 2.45) is 5.92 Å². The molecular formula is C26H28N2O3. The van der Waals surface area contributed by atoms with Crippen LogP contribution in [0.4, 0.5) is 4.79 Å². The molecule has 1 N–H and O–H groups in total. The number of nitrogens with one attached hydrogen (secondary N) is 1. The summed E-state index contributed by atoms with van der Waals surface area (Å²) in [4.78, 5) is 14.5. The van der Waals surface area contributed by atoms with Crippen LogP contribution in [0.2, 0.25) is 0 Å². The second kappa shape index (κ2) is 10.0. The second-order valence-corrected chi connectivity index (χ2v) is 7.87. The number of ether oxygens (including phenoxy) is 2. The Bertz CT molecular complexity index is 972. The van der Waals surface area contributed by atoms with Gasteiger partial charge in [-0.15, -0.1) is 0 Å². The summed E-state index contributed by atoms with van der Waals surface area (Å²) >= 11 is 0. The van der Waals surface area contributed by atoms with Gasteiger partial charge in [-0.25, -0.2) is 4.79 Å². The molecule has 1 saturated heterocycles. The molecule has 3 aromatic rings. The van der Waals surface area contributed by atoms with Crippen molar-refractivity contribution in [1.29, 1.82) is 0 Å². The summed E-state index contributed by atoms with van der Waals surface area (Å²) < 4.78 is 11.0. The summed E-state index contributed by atoms with van der Waals surface area (Å²) in [5.74, 6) is 2.95. The van der Waals surface area contributed by atoms with E-state index in [4.69, 9.17) is 9.47 Å². The lowest BCUT2D eigenvalue weighted by Gasteiger charge is -2.18. The van der Waals surface area contributed by atoms with E-state index in [0.717, 1.165) is 48.7 Å². The van der Waals surface area contributed by atoms with Gasteiger partial charge < -0.3 is 19.7 Å². The quantitative estimate of drug-likeness (QED) is 0.571. The number of carbonyl (C=O) groups is 1. The highest BCUT2D eigenvalue weighted by atomic mass is 16.5. The fourth-order valence-corrected chi connectivity index (χ4v) is 3.87. The molecule has 31 heavy (non-hydrogen) atoms. The first-order valence-electron chi connectivity index (χ1n) is 10.7. The Kier molecular flexibility index (Phi) is 6.72. The van der Waals surface area contributed by atoms with Crippen molar-refractivity contribution in [3.63, 3.8) is 0 Å². The number of hydrogen-bond donors (Lipinski definition) is 1. The first kappa shape index (κ1) is 20.8. The van der Waals surface area contributed by atoms with Crippen molar-refractivity contribution >= 4 is 6.03 Å². The number of rotatable bonds is 7. The maximum atomic E-state index is 12.6. The van der Waals surface area contributed by atoms with Crippen LogP contribution >= 0.6 is 0 Å². The molecule has 1 atom stereocenters. The van der Waals surface area contributed by atoms with E-state index in [1.165, 1.54) is 5.56 Å². The summed E-state index contributed by atoms with van der Waals surface area (Å²) in [5, 5.41) is 3.04. The van der Waals surface area contributed by atoms with E-state index in [-0.39, 0.29) is 6.03 Å². The summed E-state index contributed by atoms with van der Waals surface area (Å²) in [6.07, 6.45) is 2.02. The van der Waals surface area contributed by atoms with Crippen LogP contribution in [0.5, 0.6) is 17.2 Å². The molecule has 3 aromatic carbocycles. The summed E-state index contributed by atoms with van der Waals surface area (Å²) in [7, 11) is 1.68. The molecule has 1 heterocycles. The fraction of sp³-hybridized carbons (Fsp3) is 0.269. The third-order valence-electron chi connectivity index (χ3n) is 5.60. The molecule has 2 amide bonds. The van der Waals surface area contributed by atoms with Crippen LogP contribution in [0.3, 0.4) is 0 Å². The van der Waals surface area contributed by atoms with Crippen LogP contribution in [0.15, 0.2) is 78.9 Å². The number of likely N-dealkylation sites (tertiary alicyclic amines) is 1. The van der Waals surface area contributed by atoms with Crippen LogP contribution in [0.25, 0.3) is 0 Å². The van der Waals surface area contributed by atoms with Crippen molar-refractivity contribution in [2.45, 2.75) is 19.4 Å². The molecule has 0 aromatic heterocycles. The van der Waals surface area contributed by atoms with Gasteiger partial charge in [0.25, 0.3) is 0 Å². The standard InChI is InChI=1S/C26H28N2O3/c1-30-23-11-7-20(8-12-23)17-22-15-16-28(19-22)26(29)27-18-21-9-13-25(14-10-21)31-24-5-3-2-4-6-24/h2-14,22H,15-19H2,1H3,(H,27,29). The normalized spacial score (nSPS) is 15.5. The topological polar surface area (TPSA) is 50.8 Å². The molecule has 1 aliphatic heterocycles. The SMILES string of the molecule is COc1ccc(CC2CCN(C(=O)NCc3ccc(Oc4ccccc4)cc3)C2)cc1. The van der Waals surface area contributed by atoms with Crippen LogP contribution in [0.1, 0.15) is 17.5 Å². The van der Waals surface area contributed by atoms with E-state index in [1.807, 2.05) is 71.6 Å². The molecule has 4 rings (SSSR count). The van der Waals surface area contributed by atoms with E-state index < -0.39 is 0 Å². The van der Waals surface area contributed by atoms with Gasteiger partial charge in [-0.3, -0.25) is 0 Å². The summed E-state index contributed by atoms with van der Waals surface area (Å²) in [6.45, 7) is 2.10. The Morgan fingerprint density at radius 2 is 1.55 bits per heavy atom. The van der Waals surface area contributed by atoms with E-state index in [0.29, 0.717) is 12.5 Å². The lowest BCUT2D eigenvalue weighted by molar-refractivity contribution is 0.206. The van der Waals surface area contributed by atoms with Gasteiger partial charge in [0.1, 0.15) is 17.2 Å². The average Bonchev–Trinajstić information content (AvgIpc) is 3.28. The van der Waals surface area contributed by atoms with Crippen LogP contribution in [0, 0.1) is 5.92 Å². The van der Waals surface area contributed by atoms with Gasteiger partial charge in [-0.1, -0.05) is 42.5 Å². The van der Waals surface area contributed by atoms with Crippen molar-refractivity contribution in [2.75, 3.05) is 20.2 Å². The van der Waals surface area contributed by atoms with Gasteiger partial charge in [0.15, 0.2) is 0 Å². The molecule has 1 unspecified atom stereocenters. The number of carbonyl (C=O) groups excluding carboxylic acids is 1. The van der Waals surface area contributed by atoms with Crippen LogP contribution < -0.4 is 14.8 Å². The molecule has 0 saturated carbocycles. The molecule has 1 fully saturated rings. The van der Waals surface area contributed by atoms with E-state index in [9.17, 15) is 4.79 Å². The van der Waals surface area contributed by atoms with Crippen molar-refractivity contribution in [3.8, 4) is 17.2 Å². The number of amides is 2. The minimum atomic E-state index is 0.00171. The van der Waals surface area contributed by atoms with Gasteiger partial charge in [0, 0.05) is 19.6 Å². The third-order valence-corrected chi connectivity index (χ3v) is 5.60. The summed E-state index contributed by atoms with van der Waals surface area (Å²) in [5.41, 5.74) is 2.33. The average molecular weight is 417 g/mol.